The van der Waals surface area contributed by atoms with Crippen LogP contribution in [-0.2, 0) is 6.18 Å². The average molecular weight is 394 g/mol. The molecule has 0 amide bonds. The van der Waals surface area contributed by atoms with E-state index in [0.717, 1.165) is 6.07 Å². The molecule has 0 atom stereocenters. The van der Waals surface area contributed by atoms with Crippen molar-refractivity contribution in [3.63, 3.8) is 0 Å². The summed E-state index contributed by atoms with van der Waals surface area (Å²) < 4.78 is 50.7. The lowest BCUT2D eigenvalue weighted by molar-refractivity contribution is -0.137. The van der Waals surface area contributed by atoms with Crippen LogP contribution in [-0.4, -0.2) is 18.8 Å². The molecule has 144 valence electrons. The van der Waals surface area contributed by atoms with Crippen molar-refractivity contribution in [1.29, 1.82) is 0 Å². The average Bonchev–Trinajstić information content (AvgIpc) is 3.37. The summed E-state index contributed by atoms with van der Waals surface area (Å²) in [6, 6.07) is 12.5. The molecule has 4 heterocycles. The normalized spacial score (nSPS) is 12.0. The van der Waals surface area contributed by atoms with Gasteiger partial charge in [0.25, 0.3) is 0 Å². The first-order chi connectivity index (χ1) is 14.0. The molecule has 0 aliphatic heterocycles. The Labute approximate surface area is 162 Å². The standard InChI is InChI=1S/C21H13F3N4O/c22-21(23,24)16-13-14(29-20-18-4-2-10-27(18)11-8-26-20)6-7-15(16)17-3-1-5-19-25-9-12-28(17)19/h1-13H. The number of hydrogen-bond donors (Lipinski definition) is 0. The Balaban J connectivity index is 1.63. The zero-order chi connectivity index (χ0) is 20.0. The number of benzene rings is 1. The molecule has 5 nitrogen and oxygen atoms in total. The van der Waals surface area contributed by atoms with Gasteiger partial charge >= 0.3 is 6.18 Å². The molecule has 29 heavy (non-hydrogen) atoms. The third-order valence-electron chi connectivity index (χ3n) is 4.63. The molecule has 0 saturated carbocycles. The Kier molecular flexibility index (Phi) is 3.80. The monoisotopic (exact) mass is 394 g/mol. The molecular weight excluding hydrogens is 381 g/mol. The van der Waals surface area contributed by atoms with E-state index >= 15 is 0 Å². The third kappa shape index (κ3) is 2.98. The van der Waals surface area contributed by atoms with E-state index in [-0.39, 0.29) is 17.2 Å². The molecule has 4 aromatic heterocycles. The van der Waals surface area contributed by atoms with Crippen LogP contribution in [0.15, 0.2) is 79.5 Å². The van der Waals surface area contributed by atoms with Crippen LogP contribution in [0.25, 0.3) is 22.4 Å². The van der Waals surface area contributed by atoms with Crippen molar-refractivity contribution >= 4 is 11.2 Å². The van der Waals surface area contributed by atoms with E-state index in [2.05, 4.69) is 9.97 Å². The number of alkyl halides is 3. The first-order valence-electron chi connectivity index (χ1n) is 8.74. The van der Waals surface area contributed by atoms with Crippen LogP contribution >= 0.6 is 0 Å². The molecule has 0 fully saturated rings. The Bertz CT molecular complexity index is 1340. The highest BCUT2D eigenvalue weighted by atomic mass is 19.4. The van der Waals surface area contributed by atoms with Crippen molar-refractivity contribution < 1.29 is 17.9 Å². The maximum absolute atomic E-state index is 13.9. The molecule has 0 saturated heterocycles. The molecule has 0 unspecified atom stereocenters. The molecule has 1 aromatic carbocycles. The minimum atomic E-state index is -4.56. The predicted octanol–water partition coefficient (Wildman–Crippen LogP) is 5.46. The number of nitrogens with zero attached hydrogens (tertiary/aromatic N) is 4. The van der Waals surface area contributed by atoms with E-state index in [1.165, 1.54) is 18.3 Å². The number of pyridine rings is 1. The number of fused-ring (bicyclic) bond motifs is 2. The van der Waals surface area contributed by atoms with Gasteiger partial charge in [0.05, 0.1) is 11.3 Å². The van der Waals surface area contributed by atoms with Gasteiger partial charge < -0.3 is 9.14 Å². The van der Waals surface area contributed by atoms with Gasteiger partial charge in [0, 0.05) is 36.5 Å². The summed E-state index contributed by atoms with van der Waals surface area (Å²) in [6.07, 6.45) is 3.69. The number of hydrogen-bond acceptors (Lipinski definition) is 3. The van der Waals surface area contributed by atoms with Gasteiger partial charge in [0.15, 0.2) is 0 Å². The van der Waals surface area contributed by atoms with Gasteiger partial charge in [-0.3, -0.25) is 4.40 Å². The van der Waals surface area contributed by atoms with E-state index in [0.29, 0.717) is 16.9 Å². The summed E-state index contributed by atoms with van der Waals surface area (Å²) >= 11 is 0. The van der Waals surface area contributed by atoms with Crippen LogP contribution in [0.4, 0.5) is 13.2 Å². The fourth-order valence-corrected chi connectivity index (χ4v) is 3.35. The molecule has 5 rings (SSSR count). The zero-order valence-electron chi connectivity index (χ0n) is 14.8. The Morgan fingerprint density at radius 3 is 2.59 bits per heavy atom. The smallest absolute Gasteiger partial charge is 0.417 e. The fourth-order valence-electron chi connectivity index (χ4n) is 3.35. The van der Waals surface area contributed by atoms with E-state index in [4.69, 9.17) is 4.74 Å². The first kappa shape index (κ1) is 17.3. The van der Waals surface area contributed by atoms with Crippen LogP contribution in [0.1, 0.15) is 5.56 Å². The number of aromatic nitrogens is 4. The predicted molar refractivity (Wildman–Crippen MR) is 101 cm³/mol. The van der Waals surface area contributed by atoms with E-state index in [1.54, 1.807) is 63.9 Å². The van der Waals surface area contributed by atoms with E-state index < -0.39 is 11.7 Å². The minimum Gasteiger partial charge on any atom is -0.437 e. The fraction of sp³-hybridized carbons (Fsp3) is 0.0476. The lowest BCUT2D eigenvalue weighted by atomic mass is 10.0. The third-order valence-corrected chi connectivity index (χ3v) is 4.63. The quantitative estimate of drug-likeness (QED) is 0.408. The summed E-state index contributed by atoms with van der Waals surface area (Å²) in [7, 11) is 0. The highest BCUT2D eigenvalue weighted by Gasteiger charge is 2.35. The lowest BCUT2D eigenvalue weighted by Crippen LogP contribution is -2.09. The van der Waals surface area contributed by atoms with Crippen molar-refractivity contribution in [2.45, 2.75) is 6.18 Å². The highest BCUT2D eigenvalue weighted by Crippen LogP contribution is 2.40. The molecule has 0 spiro atoms. The SMILES string of the molecule is FC(F)(F)c1cc(Oc2nccn3cccc23)ccc1-c1cccc2nccn12. The van der Waals surface area contributed by atoms with Gasteiger partial charge in [-0.05, 0) is 42.5 Å². The molecular formula is C21H13F3N4O. The Morgan fingerprint density at radius 1 is 0.862 bits per heavy atom. The molecule has 0 bridgehead atoms. The number of ether oxygens (including phenoxy) is 1. The lowest BCUT2D eigenvalue weighted by Gasteiger charge is -2.16. The second kappa shape index (κ2) is 6.37. The maximum Gasteiger partial charge on any atom is 0.417 e. The highest BCUT2D eigenvalue weighted by molar-refractivity contribution is 5.69. The summed E-state index contributed by atoms with van der Waals surface area (Å²) in [4.78, 5) is 8.28. The van der Waals surface area contributed by atoms with E-state index in [1.807, 2.05) is 0 Å². The van der Waals surface area contributed by atoms with Crippen molar-refractivity contribution in [1.82, 2.24) is 18.8 Å². The molecule has 5 aromatic rings. The van der Waals surface area contributed by atoms with Gasteiger partial charge in [-0.25, -0.2) is 9.97 Å². The topological polar surface area (TPSA) is 43.8 Å². The number of rotatable bonds is 3. The summed E-state index contributed by atoms with van der Waals surface area (Å²) in [5, 5.41) is 0. The summed E-state index contributed by atoms with van der Waals surface area (Å²) in [5.74, 6) is 0.288. The summed E-state index contributed by atoms with van der Waals surface area (Å²) in [5.41, 5.74) is 0.875. The molecule has 0 aliphatic carbocycles. The van der Waals surface area contributed by atoms with Gasteiger partial charge in [0.1, 0.15) is 16.9 Å². The van der Waals surface area contributed by atoms with Crippen molar-refractivity contribution in [2.75, 3.05) is 0 Å². The van der Waals surface area contributed by atoms with Gasteiger partial charge in [-0.15, -0.1) is 0 Å². The van der Waals surface area contributed by atoms with Crippen LogP contribution in [0, 0.1) is 0 Å². The Hall–Kier alpha value is -3.81. The minimum absolute atomic E-state index is 0.0438. The zero-order valence-corrected chi connectivity index (χ0v) is 14.8. The first-order valence-corrected chi connectivity index (χ1v) is 8.74. The number of halogens is 3. The molecule has 0 aliphatic rings. The summed E-state index contributed by atoms with van der Waals surface area (Å²) in [6.45, 7) is 0. The maximum atomic E-state index is 13.9. The molecule has 0 N–H and O–H groups in total. The van der Waals surface area contributed by atoms with Crippen LogP contribution in [0.5, 0.6) is 11.6 Å². The van der Waals surface area contributed by atoms with Crippen LogP contribution in [0.2, 0.25) is 0 Å². The van der Waals surface area contributed by atoms with Gasteiger partial charge in [0.2, 0.25) is 5.88 Å². The second-order valence-electron chi connectivity index (χ2n) is 6.41. The Morgan fingerprint density at radius 2 is 1.72 bits per heavy atom. The van der Waals surface area contributed by atoms with Crippen LogP contribution in [0.3, 0.4) is 0 Å². The van der Waals surface area contributed by atoms with Gasteiger partial charge in [-0.2, -0.15) is 13.2 Å². The van der Waals surface area contributed by atoms with Gasteiger partial charge in [-0.1, -0.05) is 6.07 Å². The van der Waals surface area contributed by atoms with E-state index in [9.17, 15) is 13.2 Å². The van der Waals surface area contributed by atoms with Crippen molar-refractivity contribution in [3.8, 4) is 22.9 Å². The number of imidazole rings is 1. The van der Waals surface area contributed by atoms with Crippen LogP contribution < -0.4 is 4.74 Å². The van der Waals surface area contributed by atoms with Crippen molar-refractivity contribution in [3.05, 3.63) is 85.1 Å². The van der Waals surface area contributed by atoms with Crippen molar-refractivity contribution in [2.24, 2.45) is 0 Å². The molecule has 8 heteroatoms. The second-order valence-corrected chi connectivity index (χ2v) is 6.41. The molecule has 0 radical (unpaired) electrons. The largest absolute Gasteiger partial charge is 0.437 e.